The molecule has 186 valence electrons. The third-order valence-corrected chi connectivity index (χ3v) is 9.09. The minimum Gasteiger partial charge on any atom is -0.383 e. The molecule has 1 saturated carbocycles. The number of carbonyl (C=O) groups is 2. The van der Waals surface area contributed by atoms with E-state index >= 15 is 0 Å². The van der Waals surface area contributed by atoms with Gasteiger partial charge in [-0.3, -0.25) is 9.59 Å². The number of hydrogen-bond acceptors (Lipinski definition) is 4. The lowest BCUT2D eigenvalue weighted by molar-refractivity contribution is -0.128. The van der Waals surface area contributed by atoms with Crippen LogP contribution in [-0.2, 0) is 9.53 Å². The number of benzene rings is 1. The Balaban J connectivity index is 1.43. The van der Waals surface area contributed by atoms with Crippen LogP contribution in [-0.4, -0.2) is 73.1 Å². The fraction of sp³-hybridized carbons (Fsp3) is 0.714. The number of hydrogen-bond donors (Lipinski definition) is 1. The Bertz CT molecular complexity index is 879. The topological polar surface area (TPSA) is 61.9 Å². The van der Waals surface area contributed by atoms with Gasteiger partial charge in [0.15, 0.2) is 0 Å². The molecule has 6 nitrogen and oxygen atoms in total. The van der Waals surface area contributed by atoms with Gasteiger partial charge in [0.05, 0.1) is 18.1 Å². The molecular weight excluding hydrogens is 426 g/mol. The van der Waals surface area contributed by atoms with Crippen LogP contribution in [0.15, 0.2) is 24.3 Å². The molecule has 2 saturated heterocycles. The van der Waals surface area contributed by atoms with E-state index in [0.29, 0.717) is 30.7 Å². The fourth-order valence-electron chi connectivity index (χ4n) is 7.50. The molecule has 2 amide bonds. The van der Waals surface area contributed by atoms with Crippen LogP contribution < -0.4 is 5.32 Å². The largest absolute Gasteiger partial charge is 0.383 e. The minimum atomic E-state index is -0.449. The number of amides is 2. The highest BCUT2D eigenvalue weighted by Crippen LogP contribution is 2.49. The molecule has 1 spiro atoms. The van der Waals surface area contributed by atoms with E-state index in [-0.39, 0.29) is 17.7 Å². The van der Waals surface area contributed by atoms with E-state index < -0.39 is 5.54 Å². The molecule has 0 bridgehead atoms. The first kappa shape index (κ1) is 23.8. The highest BCUT2D eigenvalue weighted by atomic mass is 16.5. The fourth-order valence-corrected chi connectivity index (χ4v) is 7.50. The highest BCUT2D eigenvalue weighted by Gasteiger charge is 2.54. The third kappa shape index (κ3) is 4.28. The van der Waals surface area contributed by atoms with Gasteiger partial charge in [0.2, 0.25) is 5.91 Å². The first-order chi connectivity index (χ1) is 16.7. The summed E-state index contributed by atoms with van der Waals surface area (Å²) in [6, 6.07) is 8.43. The Hall–Kier alpha value is -1.92. The molecule has 4 aliphatic rings. The number of carbonyl (C=O) groups excluding carboxylic acids is 2. The summed E-state index contributed by atoms with van der Waals surface area (Å²) in [4.78, 5) is 32.4. The van der Waals surface area contributed by atoms with Crippen molar-refractivity contribution in [1.29, 1.82) is 0 Å². The van der Waals surface area contributed by atoms with Gasteiger partial charge in [-0.15, -0.1) is 0 Å². The molecule has 0 unspecified atom stereocenters. The van der Waals surface area contributed by atoms with Gasteiger partial charge >= 0.3 is 0 Å². The van der Waals surface area contributed by atoms with E-state index in [2.05, 4.69) is 10.2 Å². The van der Waals surface area contributed by atoms with Gasteiger partial charge in [-0.1, -0.05) is 43.9 Å². The second-order valence-corrected chi connectivity index (χ2v) is 10.9. The molecule has 0 aromatic heterocycles. The molecule has 34 heavy (non-hydrogen) atoms. The van der Waals surface area contributed by atoms with Gasteiger partial charge in [-0.05, 0) is 69.2 Å². The zero-order valence-electron chi connectivity index (χ0n) is 20.8. The SMILES string of the molecule is COCCN1C(=O)c2ccccc2[C@H](C(=O)NC[C@@H]2CCCN3CCCC[C@H]23)C12CCCCC2. The Labute approximate surface area is 204 Å². The number of piperidine rings is 2. The maximum Gasteiger partial charge on any atom is 0.254 e. The Morgan fingerprint density at radius 1 is 1.06 bits per heavy atom. The van der Waals surface area contributed by atoms with Gasteiger partial charge in [-0.2, -0.15) is 0 Å². The molecule has 5 rings (SSSR count). The van der Waals surface area contributed by atoms with Crippen molar-refractivity contribution in [3.05, 3.63) is 35.4 Å². The monoisotopic (exact) mass is 467 g/mol. The van der Waals surface area contributed by atoms with Crippen LogP contribution in [0.1, 0.15) is 86.0 Å². The minimum absolute atomic E-state index is 0.0590. The number of fused-ring (bicyclic) bond motifs is 2. The van der Waals surface area contributed by atoms with E-state index in [0.717, 1.165) is 37.8 Å². The maximum atomic E-state index is 14.1. The van der Waals surface area contributed by atoms with E-state index in [1.807, 2.05) is 29.2 Å². The molecule has 1 aromatic rings. The van der Waals surface area contributed by atoms with Crippen molar-refractivity contribution < 1.29 is 14.3 Å². The van der Waals surface area contributed by atoms with Crippen molar-refractivity contribution in [2.45, 2.75) is 81.7 Å². The summed E-state index contributed by atoms with van der Waals surface area (Å²) in [7, 11) is 1.68. The first-order valence-corrected chi connectivity index (χ1v) is 13.6. The van der Waals surface area contributed by atoms with Gasteiger partial charge in [0.25, 0.3) is 5.91 Å². The van der Waals surface area contributed by atoms with Crippen molar-refractivity contribution in [3.63, 3.8) is 0 Å². The van der Waals surface area contributed by atoms with Crippen LogP contribution in [0, 0.1) is 5.92 Å². The summed E-state index contributed by atoms with van der Waals surface area (Å²) in [5.74, 6) is 0.385. The maximum absolute atomic E-state index is 14.1. The molecule has 3 atom stereocenters. The number of methoxy groups -OCH3 is 1. The number of nitrogens with zero attached hydrogens (tertiary/aromatic N) is 2. The van der Waals surface area contributed by atoms with Crippen molar-refractivity contribution in [2.75, 3.05) is 39.9 Å². The third-order valence-electron chi connectivity index (χ3n) is 9.09. The van der Waals surface area contributed by atoms with Gasteiger partial charge < -0.3 is 19.9 Å². The molecule has 3 heterocycles. The van der Waals surface area contributed by atoms with E-state index in [1.165, 1.54) is 51.6 Å². The van der Waals surface area contributed by atoms with Crippen LogP contribution in [0.5, 0.6) is 0 Å². The number of ether oxygens (including phenoxy) is 1. The second-order valence-electron chi connectivity index (χ2n) is 10.9. The van der Waals surface area contributed by atoms with E-state index in [4.69, 9.17) is 4.74 Å². The number of nitrogens with one attached hydrogen (secondary N) is 1. The average Bonchev–Trinajstić information content (AvgIpc) is 2.88. The summed E-state index contributed by atoms with van der Waals surface area (Å²) in [5.41, 5.74) is 1.16. The van der Waals surface area contributed by atoms with E-state index in [9.17, 15) is 9.59 Å². The van der Waals surface area contributed by atoms with Crippen molar-refractivity contribution in [2.24, 2.45) is 5.92 Å². The Morgan fingerprint density at radius 2 is 1.85 bits per heavy atom. The van der Waals surface area contributed by atoms with Gasteiger partial charge in [0, 0.05) is 31.8 Å². The zero-order valence-corrected chi connectivity index (χ0v) is 20.8. The first-order valence-electron chi connectivity index (χ1n) is 13.6. The lowest BCUT2D eigenvalue weighted by Crippen LogP contribution is -2.63. The highest BCUT2D eigenvalue weighted by molar-refractivity contribution is 6.02. The predicted octanol–water partition coefficient (Wildman–Crippen LogP) is 3.96. The molecule has 0 radical (unpaired) electrons. The molecule has 1 aliphatic carbocycles. The van der Waals surface area contributed by atoms with Crippen LogP contribution in [0.25, 0.3) is 0 Å². The van der Waals surface area contributed by atoms with Crippen LogP contribution in [0.3, 0.4) is 0 Å². The van der Waals surface area contributed by atoms with Crippen molar-refractivity contribution in [3.8, 4) is 0 Å². The standard InChI is InChI=1S/C28H41N3O3/c1-34-19-18-31-27(33)23-12-4-3-11-22(23)25(28(31)14-6-2-7-15-28)26(32)29-20-21-10-9-17-30-16-8-5-13-24(21)30/h3-4,11-12,21,24-25H,2,5-10,13-20H2,1H3,(H,29,32)/t21-,24+,25+/m0/s1. The number of rotatable bonds is 6. The van der Waals surface area contributed by atoms with Gasteiger partial charge in [0.1, 0.15) is 0 Å². The molecule has 1 N–H and O–H groups in total. The predicted molar refractivity (Wildman–Crippen MR) is 133 cm³/mol. The lowest BCUT2D eigenvalue weighted by Gasteiger charge is -2.54. The molecule has 3 fully saturated rings. The van der Waals surface area contributed by atoms with Crippen LogP contribution in [0.4, 0.5) is 0 Å². The summed E-state index contributed by atoms with van der Waals surface area (Å²) in [5, 5.41) is 3.42. The smallest absolute Gasteiger partial charge is 0.254 e. The summed E-state index contributed by atoms with van der Waals surface area (Å²) in [6.45, 7) is 4.20. The summed E-state index contributed by atoms with van der Waals surface area (Å²) < 4.78 is 5.39. The van der Waals surface area contributed by atoms with E-state index in [1.54, 1.807) is 7.11 Å². The summed E-state index contributed by atoms with van der Waals surface area (Å²) >= 11 is 0. The van der Waals surface area contributed by atoms with Gasteiger partial charge in [-0.25, -0.2) is 0 Å². The lowest BCUT2D eigenvalue weighted by atomic mass is 9.65. The zero-order chi connectivity index (χ0) is 23.5. The van der Waals surface area contributed by atoms with Crippen LogP contribution >= 0.6 is 0 Å². The molecule has 3 aliphatic heterocycles. The van der Waals surface area contributed by atoms with Crippen molar-refractivity contribution in [1.82, 2.24) is 15.1 Å². The normalized spacial score (nSPS) is 28.9. The van der Waals surface area contributed by atoms with Crippen molar-refractivity contribution >= 4 is 11.8 Å². The second kappa shape index (κ2) is 10.4. The summed E-state index contributed by atoms with van der Waals surface area (Å²) in [6.07, 6.45) is 11.4. The average molecular weight is 468 g/mol. The molecular formula is C28H41N3O3. The Kier molecular flexibility index (Phi) is 7.26. The molecule has 6 heteroatoms. The van der Waals surface area contributed by atoms with Crippen LogP contribution in [0.2, 0.25) is 0 Å². The Morgan fingerprint density at radius 3 is 2.68 bits per heavy atom. The quantitative estimate of drug-likeness (QED) is 0.688. The molecule has 1 aromatic carbocycles.